The largest absolute Gasteiger partial charge is 0.467 e. The maximum atomic E-state index is 13.5. The van der Waals surface area contributed by atoms with E-state index in [0.29, 0.717) is 5.76 Å². The van der Waals surface area contributed by atoms with Crippen molar-refractivity contribution in [2.24, 2.45) is 0 Å². The highest BCUT2D eigenvalue weighted by molar-refractivity contribution is 5.94. The van der Waals surface area contributed by atoms with Gasteiger partial charge in [-0.1, -0.05) is 12.1 Å². The Morgan fingerprint density at radius 2 is 2.10 bits per heavy atom. The summed E-state index contributed by atoms with van der Waals surface area (Å²) in [5.74, 6) is -0.622. The van der Waals surface area contributed by atoms with Gasteiger partial charge in [0, 0.05) is 12.5 Å². The van der Waals surface area contributed by atoms with E-state index in [-0.39, 0.29) is 18.0 Å². The number of hydrogen-bond acceptors (Lipinski definition) is 3. The molecule has 5 heteroatoms. The normalized spacial score (nSPS) is 13.8. The monoisotopic (exact) mass is 277 g/mol. The third-order valence-corrected chi connectivity index (χ3v) is 2.94. The van der Waals surface area contributed by atoms with E-state index in [2.05, 4.69) is 5.32 Å². The first-order chi connectivity index (χ1) is 9.58. The van der Waals surface area contributed by atoms with E-state index >= 15 is 0 Å². The molecule has 0 saturated carbocycles. The van der Waals surface area contributed by atoms with Crippen LogP contribution in [0.15, 0.2) is 47.1 Å². The minimum absolute atomic E-state index is 0.00756. The van der Waals surface area contributed by atoms with E-state index in [1.807, 2.05) is 0 Å². The zero-order valence-electron chi connectivity index (χ0n) is 11.0. The van der Waals surface area contributed by atoms with Crippen molar-refractivity contribution in [2.45, 2.75) is 25.5 Å². The molecule has 0 aliphatic heterocycles. The lowest BCUT2D eigenvalue weighted by Crippen LogP contribution is -2.34. The Morgan fingerprint density at radius 1 is 1.35 bits per heavy atom. The number of carbonyl (C=O) groups excluding carboxylic acids is 1. The van der Waals surface area contributed by atoms with Crippen LogP contribution in [0.1, 0.15) is 35.6 Å². The summed E-state index contributed by atoms with van der Waals surface area (Å²) in [7, 11) is 0. The minimum Gasteiger partial charge on any atom is -0.467 e. The summed E-state index contributed by atoms with van der Waals surface area (Å²) in [5, 5.41) is 12.5. The van der Waals surface area contributed by atoms with E-state index in [1.165, 1.54) is 24.5 Å². The lowest BCUT2D eigenvalue weighted by molar-refractivity contribution is 0.0899. The number of nitrogens with one attached hydrogen (secondary N) is 1. The van der Waals surface area contributed by atoms with Crippen molar-refractivity contribution in [1.29, 1.82) is 0 Å². The number of aliphatic hydroxyl groups excluding tert-OH is 1. The first-order valence-electron chi connectivity index (χ1n) is 6.35. The quantitative estimate of drug-likeness (QED) is 0.883. The molecule has 0 aliphatic rings. The van der Waals surface area contributed by atoms with Crippen molar-refractivity contribution in [3.8, 4) is 0 Å². The SMILES string of the molecule is CC(CC(O)c1ccco1)NC(=O)c1ccccc1F. The Hall–Kier alpha value is -2.14. The summed E-state index contributed by atoms with van der Waals surface area (Å²) in [6.07, 6.45) is 0.954. The Balaban J connectivity index is 1.93. The molecular weight excluding hydrogens is 261 g/mol. The van der Waals surface area contributed by atoms with Crippen LogP contribution in [0.25, 0.3) is 0 Å². The van der Waals surface area contributed by atoms with Crippen molar-refractivity contribution < 1.29 is 18.7 Å². The summed E-state index contributed by atoms with van der Waals surface area (Å²) < 4.78 is 18.5. The van der Waals surface area contributed by atoms with Gasteiger partial charge in [-0.3, -0.25) is 4.79 Å². The first kappa shape index (κ1) is 14.3. The molecule has 106 valence electrons. The fraction of sp³-hybridized carbons (Fsp3) is 0.267. The van der Waals surface area contributed by atoms with Crippen molar-refractivity contribution in [3.63, 3.8) is 0 Å². The van der Waals surface area contributed by atoms with Crippen LogP contribution >= 0.6 is 0 Å². The van der Waals surface area contributed by atoms with Gasteiger partial charge < -0.3 is 14.8 Å². The van der Waals surface area contributed by atoms with Gasteiger partial charge in [-0.2, -0.15) is 0 Å². The molecule has 0 bridgehead atoms. The molecule has 2 N–H and O–H groups in total. The van der Waals surface area contributed by atoms with Gasteiger partial charge in [0.2, 0.25) is 0 Å². The molecule has 2 unspecified atom stereocenters. The van der Waals surface area contributed by atoms with Gasteiger partial charge in [0.1, 0.15) is 17.7 Å². The number of aliphatic hydroxyl groups is 1. The summed E-state index contributed by atoms with van der Waals surface area (Å²) in [6, 6.07) is 8.80. The topological polar surface area (TPSA) is 62.5 Å². The Labute approximate surface area is 116 Å². The highest BCUT2D eigenvalue weighted by Crippen LogP contribution is 2.18. The highest BCUT2D eigenvalue weighted by Gasteiger charge is 2.18. The third-order valence-electron chi connectivity index (χ3n) is 2.94. The number of furan rings is 1. The third kappa shape index (κ3) is 3.45. The van der Waals surface area contributed by atoms with Crippen LogP contribution in [0, 0.1) is 5.82 Å². The highest BCUT2D eigenvalue weighted by atomic mass is 19.1. The van der Waals surface area contributed by atoms with E-state index in [0.717, 1.165) is 0 Å². The molecule has 1 aromatic heterocycles. The number of amides is 1. The second-order valence-corrected chi connectivity index (χ2v) is 4.62. The lowest BCUT2D eigenvalue weighted by atomic mass is 10.1. The maximum absolute atomic E-state index is 13.5. The predicted octanol–water partition coefficient (Wildman–Crippen LogP) is 2.66. The molecule has 0 aliphatic carbocycles. The average molecular weight is 277 g/mol. The van der Waals surface area contributed by atoms with E-state index in [9.17, 15) is 14.3 Å². The molecule has 1 heterocycles. The predicted molar refractivity (Wildman–Crippen MR) is 71.6 cm³/mol. The molecule has 1 aromatic carbocycles. The summed E-state index contributed by atoms with van der Waals surface area (Å²) in [6.45, 7) is 1.74. The molecule has 0 saturated heterocycles. The minimum atomic E-state index is -0.805. The number of hydrogen-bond donors (Lipinski definition) is 2. The van der Waals surface area contributed by atoms with Crippen LogP contribution in [0.5, 0.6) is 0 Å². The van der Waals surface area contributed by atoms with Crippen LogP contribution in [0.3, 0.4) is 0 Å². The van der Waals surface area contributed by atoms with Crippen LogP contribution in [-0.4, -0.2) is 17.1 Å². The maximum Gasteiger partial charge on any atom is 0.254 e. The van der Waals surface area contributed by atoms with E-state index in [1.54, 1.807) is 25.1 Å². The fourth-order valence-corrected chi connectivity index (χ4v) is 1.94. The molecule has 0 fully saturated rings. The van der Waals surface area contributed by atoms with Gasteiger partial charge in [0.15, 0.2) is 0 Å². The number of benzene rings is 1. The lowest BCUT2D eigenvalue weighted by Gasteiger charge is -2.16. The molecule has 2 atom stereocenters. The van der Waals surface area contributed by atoms with Gasteiger partial charge in [-0.05, 0) is 31.2 Å². The fourth-order valence-electron chi connectivity index (χ4n) is 1.94. The number of halogens is 1. The zero-order valence-corrected chi connectivity index (χ0v) is 11.0. The number of rotatable bonds is 5. The number of carbonyl (C=O) groups is 1. The molecule has 20 heavy (non-hydrogen) atoms. The Bertz CT molecular complexity index is 568. The van der Waals surface area contributed by atoms with Crippen molar-refractivity contribution >= 4 is 5.91 Å². The molecule has 4 nitrogen and oxygen atoms in total. The summed E-state index contributed by atoms with van der Waals surface area (Å²) >= 11 is 0. The van der Waals surface area contributed by atoms with Crippen LogP contribution in [-0.2, 0) is 0 Å². The zero-order chi connectivity index (χ0) is 14.5. The van der Waals surface area contributed by atoms with Crippen molar-refractivity contribution in [3.05, 3.63) is 59.8 Å². The Morgan fingerprint density at radius 3 is 2.75 bits per heavy atom. The standard InChI is InChI=1S/C15H16FNO3/c1-10(9-13(18)14-7-4-8-20-14)17-15(19)11-5-2-3-6-12(11)16/h2-8,10,13,18H,9H2,1H3,(H,17,19). The van der Waals surface area contributed by atoms with Crippen LogP contribution in [0.2, 0.25) is 0 Å². The van der Waals surface area contributed by atoms with Crippen molar-refractivity contribution in [1.82, 2.24) is 5.32 Å². The van der Waals surface area contributed by atoms with Gasteiger partial charge in [-0.15, -0.1) is 0 Å². The second kappa shape index (κ2) is 6.34. The molecule has 2 aromatic rings. The second-order valence-electron chi connectivity index (χ2n) is 4.62. The van der Waals surface area contributed by atoms with Crippen LogP contribution in [0.4, 0.5) is 4.39 Å². The first-order valence-corrected chi connectivity index (χ1v) is 6.35. The summed E-state index contributed by atoms with van der Waals surface area (Å²) in [5.41, 5.74) is -0.00756. The van der Waals surface area contributed by atoms with Crippen molar-refractivity contribution in [2.75, 3.05) is 0 Å². The smallest absolute Gasteiger partial charge is 0.254 e. The van der Waals surface area contributed by atoms with Gasteiger partial charge in [-0.25, -0.2) is 4.39 Å². The molecular formula is C15H16FNO3. The van der Waals surface area contributed by atoms with Gasteiger partial charge >= 0.3 is 0 Å². The average Bonchev–Trinajstić information content (AvgIpc) is 2.92. The van der Waals surface area contributed by atoms with Gasteiger partial charge in [0.25, 0.3) is 5.91 Å². The summed E-state index contributed by atoms with van der Waals surface area (Å²) in [4.78, 5) is 11.9. The molecule has 1 amide bonds. The van der Waals surface area contributed by atoms with E-state index < -0.39 is 17.8 Å². The molecule has 2 rings (SSSR count). The van der Waals surface area contributed by atoms with Gasteiger partial charge in [0.05, 0.1) is 11.8 Å². The molecule has 0 spiro atoms. The van der Waals surface area contributed by atoms with Crippen LogP contribution < -0.4 is 5.32 Å². The molecule has 0 radical (unpaired) electrons. The van der Waals surface area contributed by atoms with E-state index in [4.69, 9.17) is 4.42 Å². The Kier molecular flexibility index (Phi) is 4.53.